The minimum absolute atomic E-state index is 0.376. The molecule has 24 heavy (non-hydrogen) atoms. The molecule has 3 heterocycles. The van der Waals surface area contributed by atoms with E-state index < -0.39 is 0 Å². The van der Waals surface area contributed by atoms with Gasteiger partial charge in [0.15, 0.2) is 16.6 Å². The molecule has 5 nitrogen and oxygen atoms in total. The maximum absolute atomic E-state index is 5.72. The number of anilines is 1. The van der Waals surface area contributed by atoms with Gasteiger partial charge in [0, 0.05) is 37.6 Å². The van der Waals surface area contributed by atoms with Crippen LogP contribution in [0.25, 0.3) is 0 Å². The van der Waals surface area contributed by atoms with Crippen molar-refractivity contribution in [3.05, 3.63) is 34.8 Å². The molecule has 2 aromatic rings. The third kappa shape index (κ3) is 3.08. The van der Waals surface area contributed by atoms with Crippen LogP contribution in [0.1, 0.15) is 24.2 Å². The predicted molar refractivity (Wildman–Crippen MR) is 96.5 cm³/mol. The normalized spacial score (nSPS) is 19.3. The summed E-state index contributed by atoms with van der Waals surface area (Å²) in [6.45, 7) is 9.76. The second-order valence-corrected chi connectivity index (χ2v) is 7.21. The van der Waals surface area contributed by atoms with Gasteiger partial charge in [-0.05, 0) is 31.5 Å². The molecule has 6 heteroatoms. The van der Waals surface area contributed by atoms with Gasteiger partial charge in [-0.25, -0.2) is 4.98 Å². The Hall–Kier alpha value is -1.79. The van der Waals surface area contributed by atoms with Gasteiger partial charge in [-0.2, -0.15) is 0 Å². The van der Waals surface area contributed by atoms with E-state index in [0.717, 1.165) is 48.5 Å². The predicted octanol–water partition coefficient (Wildman–Crippen LogP) is 3.11. The number of aryl methyl sites for hydroxylation is 1. The average Bonchev–Trinajstić information content (AvgIpc) is 3.07. The summed E-state index contributed by atoms with van der Waals surface area (Å²) in [6, 6.07) is 6.71. The van der Waals surface area contributed by atoms with Crippen molar-refractivity contribution in [3.63, 3.8) is 0 Å². The van der Waals surface area contributed by atoms with Crippen LogP contribution in [0, 0.1) is 6.92 Å². The molecule has 2 aliphatic rings. The zero-order valence-electron chi connectivity index (χ0n) is 14.2. The van der Waals surface area contributed by atoms with E-state index in [1.54, 1.807) is 11.3 Å². The fourth-order valence-electron chi connectivity index (χ4n) is 3.32. The molecular formula is C18H23N3O2S. The number of thiazole rings is 1. The van der Waals surface area contributed by atoms with Crippen LogP contribution in [-0.2, 0) is 0 Å². The maximum Gasteiger partial charge on any atom is 0.185 e. The van der Waals surface area contributed by atoms with Crippen LogP contribution < -0.4 is 14.4 Å². The van der Waals surface area contributed by atoms with Crippen molar-refractivity contribution in [2.24, 2.45) is 0 Å². The van der Waals surface area contributed by atoms with Crippen molar-refractivity contribution >= 4 is 16.5 Å². The summed E-state index contributed by atoms with van der Waals surface area (Å²) in [4.78, 5) is 9.53. The molecule has 0 amide bonds. The lowest BCUT2D eigenvalue weighted by Gasteiger charge is -2.38. The summed E-state index contributed by atoms with van der Waals surface area (Å²) in [7, 11) is 0. The second-order valence-electron chi connectivity index (χ2n) is 6.37. The van der Waals surface area contributed by atoms with Gasteiger partial charge in [0.05, 0.1) is 5.69 Å². The highest BCUT2D eigenvalue weighted by atomic mass is 32.1. The van der Waals surface area contributed by atoms with E-state index in [9.17, 15) is 0 Å². The fourth-order valence-corrected chi connectivity index (χ4v) is 4.17. The number of nitrogens with zero attached hydrogens (tertiary/aromatic N) is 3. The smallest absolute Gasteiger partial charge is 0.185 e. The molecule has 1 aromatic heterocycles. The molecule has 0 saturated carbocycles. The molecule has 128 valence electrons. The van der Waals surface area contributed by atoms with E-state index in [4.69, 9.17) is 9.47 Å². The molecular weight excluding hydrogens is 322 g/mol. The van der Waals surface area contributed by atoms with Crippen LogP contribution in [-0.4, -0.2) is 49.3 Å². The number of aromatic nitrogens is 1. The molecule has 0 bridgehead atoms. The first-order valence-electron chi connectivity index (χ1n) is 8.51. The highest BCUT2D eigenvalue weighted by molar-refractivity contribution is 7.13. The molecule has 1 aromatic carbocycles. The Kier molecular flexibility index (Phi) is 4.33. The van der Waals surface area contributed by atoms with Crippen LogP contribution in [0.2, 0.25) is 0 Å². The van der Waals surface area contributed by atoms with E-state index in [2.05, 4.69) is 46.1 Å². The quantitative estimate of drug-likeness (QED) is 0.854. The van der Waals surface area contributed by atoms with E-state index in [1.165, 1.54) is 5.56 Å². The van der Waals surface area contributed by atoms with E-state index in [0.29, 0.717) is 19.3 Å². The monoisotopic (exact) mass is 345 g/mol. The van der Waals surface area contributed by atoms with Crippen LogP contribution >= 0.6 is 11.3 Å². The van der Waals surface area contributed by atoms with Gasteiger partial charge in [0.2, 0.25) is 0 Å². The second kappa shape index (κ2) is 6.61. The average molecular weight is 345 g/mol. The summed E-state index contributed by atoms with van der Waals surface area (Å²) >= 11 is 1.74. The van der Waals surface area contributed by atoms with Gasteiger partial charge >= 0.3 is 0 Å². The molecule has 0 N–H and O–H groups in total. The summed E-state index contributed by atoms with van der Waals surface area (Å²) in [5.41, 5.74) is 2.40. The number of hydrogen-bond donors (Lipinski definition) is 0. The largest absolute Gasteiger partial charge is 0.486 e. The van der Waals surface area contributed by atoms with Gasteiger partial charge < -0.3 is 14.4 Å². The molecule has 4 rings (SSSR count). The number of ether oxygens (including phenoxy) is 2. The number of fused-ring (bicyclic) bond motifs is 1. The summed E-state index contributed by atoms with van der Waals surface area (Å²) < 4.78 is 11.3. The van der Waals surface area contributed by atoms with Crippen molar-refractivity contribution in [2.75, 3.05) is 44.3 Å². The van der Waals surface area contributed by atoms with Crippen LogP contribution in [0.3, 0.4) is 0 Å². The van der Waals surface area contributed by atoms with E-state index in [1.807, 2.05) is 6.07 Å². The first-order chi connectivity index (χ1) is 11.7. The van der Waals surface area contributed by atoms with Crippen molar-refractivity contribution < 1.29 is 9.47 Å². The minimum Gasteiger partial charge on any atom is -0.486 e. The third-order valence-electron chi connectivity index (χ3n) is 4.79. The van der Waals surface area contributed by atoms with E-state index in [-0.39, 0.29) is 0 Å². The van der Waals surface area contributed by atoms with Crippen molar-refractivity contribution in [2.45, 2.75) is 19.9 Å². The Balaban J connectivity index is 1.41. The summed E-state index contributed by atoms with van der Waals surface area (Å²) in [6.07, 6.45) is 0. The Labute approximate surface area is 146 Å². The third-order valence-corrected chi connectivity index (χ3v) is 5.81. The first kappa shape index (κ1) is 15.7. The molecule has 1 unspecified atom stereocenters. The van der Waals surface area contributed by atoms with Gasteiger partial charge in [-0.15, -0.1) is 11.3 Å². The van der Waals surface area contributed by atoms with Gasteiger partial charge in [-0.1, -0.05) is 6.07 Å². The molecule has 2 aliphatic heterocycles. The van der Waals surface area contributed by atoms with Crippen LogP contribution in [0.5, 0.6) is 11.5 Å². The fraction of sp³-hybridized carbons (Fsp3) is 0.500. The van der Waals surface area contributed by atoms with E-state index >= 15 is 0 Å². The van der Waals surface area contributed by atoms with Gasteiger partial charge in [0.1, 0.15) is 13.2 Å². The highest BCUT2D eigenvalue weighted by Gasteiger charge is 2.24. The van der Waals surface area contributed by atoms with Gasteiger partial charge in [0.25, 0.3) is 0 Å². The van der Waals surface area contributed by atoms with Crippen molar-refractivity contribution in [1.82, 2.24) is 9.88 Å². The Bertz CT molecular complexity index is 710. The number of benzene rings is 1. The number of rotatable bonds is 3. The Morgan fingerprint density at radius 2 is 1.83 bits per heavy atom. The minimum atomic E-state index is 0.376. The Morgan fingerprint density at radius 1 is 1.08 bits per heavy atom. The standard InChI is InChI=1S/C18H23N3O2S/c1-13-12-24-18(19-13)21-7-5-20(6-8-21)14(2)15-3-4-16-17(11-15)23-10-9-22-16/h3-4,11-12,14H,5-10H2,1-2H3. The maximum atomic E-state index is 5.72. The van der Waals surface area contributed by atoms with Crippen LogP contribution in [0.15, 0.2) is 23.6 Å². The number of hydrogen-bond acceptors (Lipinski definition) is 6. The lowest BCUT2D eigenvalue weighted by Crippen LogP contribution is -2.47. The zero-order chi connectivity index (χ0) is 16.5. The molecule has 0 aliphatic carbocycles. The summed E-state index contributed by atoms with van der Waals surface area (Å²) in [5.74, 6) is 1.74. The molecule has 0 radical (unpaired) electrons. The van der Waals surface area contributed by atoms with Crippen molar-refractivity contribution in [3.8, 4) is 11.5 Å². The lowest BCUT2D eigenvalue weighted by atomic mass is 10.1. The molecule has 1 fully saturated rings. The highest BCUT2D eigenvalue weighted by Crippen LogP contribution is 2.34. The zero-order valence-corrected chi connectivity index (χ0v) is 15.0. The SMILES string of the molecule is Cc1csc(N2CCN(C(C)c3ccc4c(c3)OCCO4)CC2)n1. The Morgan fingerprint density at radius 3 is 2.54 bits per heavy atom. The topological polar surface area (TPSA) is 37.8 Å². The van der Waals surface area contributed by atoms with Gasteiger partial charge in [-0.3, -0.25) is 4.90 Å². The number of piperazine rings is 1. The molecule has 1 atom stereocenters. The van der Waals surface area contributed by atoms with Crippen molar-refractivity contribution in [1.29, 1.82) is 0 Å². The van der Waals surface area contributed by atoms with Crippen LogP contribution in [0.4, 0.5) is 5.13 Å². The molecule has 0 spiro atoms. The summed E-state index contributed by atoms with van der Waals surface area (Å²) in [5, 5.41) is 3.28. The first-order valence-corrected chi connectivity index (χ1v) is 9.39. The lowest BCUT2D eigenvalue weighted by molar-refractivity contribution is 0.169. The molecule has 1 saturated heterocycles.